The number of hydrogen-bond donors (Lipinski definition) is 0. The van der Waals surface area contributed by atoms with Gasteiger partial charge in [-0.15, -0.1) is 23.1 Å². The predicted molar refractivity (Wildman–Crippen MR) is 110 cm³/mol. The number of piperidine rings is 1. The Labute approximate surface area is 172 Å². The lowest BCUT2D eigenvalue weighted by Gasteiger charge is -2.30. The third-order valence-corrected chi connectivity index (χ3v) is 6.70. The van der Waals surface area contributed by atoms with Crippen LogP contribution in [0.2, 0.25) is 0 Å². The van der Waals surface area contributed by atoms with Crippen molar-refractivity contribution in [2.24, 2.45) is 0 Å². The molecule has 0 bridgehead atoms. The summed E-state index contributed by atoms with van der Waals surface area (Å²) in [5.41, 5.74) is 1.84. The summed E-state index contributed by atoms with van der Waals surface area (Å²) in [4.78, 5) is 24.7. The van der Waals surface area contributed by atoms with Crippen molar-refractivity contribution in [1.82, 2.24) is 20.0 Å². The lowest BCUT2D eigenvalue weighted by Crippen LogP contribution is -2.38. The van der Waals surface area contributed by atoms with Gasteiger partial charge < -0.3 is 9.42 Å². The number of benzene rings is 1. The highest BCUT2D eigenvalue weighted by atomic mass is 32.2. The Kier molecular flexibility index (Phi) is 5.77. The van der Waals surface area contributed by atoms with Crippen LogP contribution in [0.25, 0.3) is 0 Å². The van der Waals surface area contributed by atoms with Crippen molar-refractivity contribution in [1.29, 1.82) is 0 Å². The molecule has 0 saturated carbocycles. The molecule has 3 aromatic rings. The fourth-order valence-electron chi connectivity index (χ4n) is 3.32. The zero-order chi connectivity index (χ0) is 19.5. The summed E-state index contributed by atoms with van der Waals surface area (Å²) < 4.78 is 5.28. The van der Waals surface area contributed by atoms with E-state index in [9.17, 15) is 4.79 Å². The lowest BCUT2D eigenvalue weighted by atomic mass is 9.96. The smallest absolute Gasteiger partial charge is 0.253 e. The number of carbonyl (C=O) groups excluding carboxylic acids is 1. The molecular weight excluding hydrogens is 392 g/mol. The molecule has 146 valence electrons. The number of thioether (sulfide) groups is 1. The molecule has 6 nitrogen and oxygen atoms in total. The zero-order valence-electron chi connectivity index (χ0n) is 15.9. The highest BCUT2D eigenvalue weighted by Crippen LogP contribution is 2.28. The molecule has 1 amide bonds. The van der Waals surface area contributed by atoms with Gasteiger partial charge >= 0.3 is 0 Å². The lowest BCUT2D eigenvalue weighted by molar-refractivity contribution is 0.0704. The summed E-state index contributed by atoms with van der Waals surface area (Å²) in [6.07, 6.45) is 1.71. The Bertz CT molecular complexity index is 943. The molecule has 3 heterocycles. The number of likely N-dealkylation sites (tertiary alicyclic amines) is 1. The van der Waals surface area contributed by atoms with Crippen molar-refractivity contribution in [3.05, 3.63) is 57.6 Å². The van der Waals surface area contributed by atoms with Crippen LogP contribution in [-0.4, -0.2) is 39.0 Å². The summed E-state index contributed by atoms with van der Waals surface area (Å²) >= 11 is 3.41. The summed E-state index contributed by atoms with van der Waals surface area (Å²) in [5.74, 6) is 2.54. The normalized spacial score (nSPS) is 15.1. The van der Waals surface area contributed by atoms with E-state index in [1.54, 1.807) is 23.1 Å². The first-order chi connectivity index (χ1) is 13.6. The van der Waals surface area contributed by atoms with Gasteiger partial charge in [-0.25, -0.2) is 4.98 Å². The van der Waals surface area contributed by atoms with E-state index in [4.69, 9.17) is 4.52 Å². The van der Waals surface area contributed by atoms with E-state index in [0.29, 0.717) is 24.8 Å². The number of nitrogens with zero attached hydrogens (tertiary/aromatic N) is 4. The summed E-state index contributed by atoms with van der Waals surface area (Å²) in [6, 6.07) is 7.88. The maximum absolute atomic E-state index is 12.8. The predicted octanol–water partition coefficient (Wildman–Crippen LogP) is 4.46. The van der Waals surface area contributed by atoms with Crippen molar-refractivity contribution in [3.63, 3.8) is 0 Å². The van der Waals surface area contributed by atoms with Crippen molar-refractivity contribution in [2.75, 3.05) is 13.1 Å². The number of hydrogen-bond acceptors (Lipinski definition) is 7. The second-order valence-electron chi connectivity index (χ2n) is 6.92. The third kappa shape index (κ3) is 4.44. The first kappa shape index (κ1) is 19.1. The van der Waals surface area contributed by atoms with Crippen LogP contribution in [-0.2, 0) is 5.75 Å². The van der Waals surface area contributed by atoms with Gasteiger partial charge in [0.25, 0.3) is 5.91 Å². The van der Waals surface area contributed by atoms with Gasteiger partial charge in [0, 0.05) is 40.6 Å². The number of thiazole rings is 1. The summed E-state index contributed by atoms with van der Waals surface area (Å²) in [7, 11) is 0. The SMILES string of the molecule is Cc1noc(C2CCN(C(=O)c3ccc(SCc4csc(C)n4)cc3)CC2)n1. The van der Waals surface area contributed by atoms with Crippen LogP contribution in [0.15, 0.2) is 39.1 Å². The molecule has 0 atom stereocenters. The maximum atomic E-state index is 12.8. The monoisotopic (exact) mass is 414 g/mol. The van der Waals surface area contributed by atoms with Crippen LogP contribution in [0.5, 0.6) is 0 Å². The van der Waals surface area contributed by atoms with Gasteiger partial charge in [-0.1, -0.05) is 5.16 Å². The fourth-order valence-corrected chi connectivity index (χ4v) is 4.83. The van der Waals surface area contributed by atoms with E-state index in [1.807, 2.05) is 43.0 Å². The third-order valence-electron chi connectivity index (χ3n) is 4.83. The summed E-state index contributed by atoms with van der Waals surface area (Å²) in [6.45, 7) is 5.27. The highest BCUT2D eigenvalue weighted by Gasteiger charge is 2.27. The molecule has 1 aliphatic rings. The Hall–Kier alpha value is -2.19. The Morgan fingerprint density at radius 1 is 1.21 bits per heavy atom. The maximum Gasteiger partial charge on any atom is 0.253 e. The molecule has 8 heteroatoms. The molecule has 0 unspecified atom stereocenters. The van der Waals surface area contributed by atoms with E-state index >= 15 is 0 Å². The Morgan fingerprint density at radius 3 is 2.57 bits per heavy atom. The molecule has 4 rings (SSSR count). The summed E-state index contributed by atoms with van der Waals surface area (Å²) in [5, 5.41) is 7.05. The minimum atomic E-state index is 0.0897. The molecule has 0 N–H and O–H groups in total. The number of aryl methyl sites for hydroxylation is 2. The minimum absolute atomic E-state index is 0.0897. The molecule has 0 radical (unpaired) electrons. The molecule has 2 aromatic heterocycles. The average molecular weight is 415 g/mol. The van der Waals surface area contributed by atoms with Gasteiger partial charge in [0.15, 0.2) is 5.82 Å². The molecule has 28 heavy (non-hydrogen) atoms. The van der Waals surface area contributed by atoms with Crippen LogP contribution < -0.4 is 0 Å². The molecule has 1 saturated heterocycles. The Balaban J connectivity index is 1.31. The van der Waals surface area contributed by atoms with Crippen molar-refractivity contribution >= 4 is 29.0 Å². The van der Waals surface area contributed by atoms with Gasteiger partial charge in [-0.3, -0.25) is 4.79 Å². The van der Waals surface area contributed by atoms with E-state index in [0.717, 1.165) is 39.8 Å². The van der Waals surface area contributed by atoms with Crippen LogP contribution in [0.4, 0.5) is 0 Å². The highest BCUT2D eigenvalue weighted by molar-refractivity contribution is 7.98. The van der Waals surface area contributed by atoms with Crippen molar-refractivity contribution in [2.45, 2.75) is 43.3 Å². The van der Waals surface area contributed by atoms with Crippen LogP contribution in [0, 0.1) is 13.8 Å². The molecule has 1 aromatic carbocycles. The second-order valence-corrected chi connectivity index (χ2v) is 9.03. The van der Waals surface area contributed by atoms with Crippen LogP contribution >= 0.6 is 23.1 Å². The molecule has 0 spiro atoms. The molecule has 0 aliphatic carbocycles. The number of rotatable bonds is 5. The topological polar surface area (TPSA) is 72.1 Å². The molecule has 1 fully saturated rings. The van der Waals surface area contributed by atoms with Gasteiger partial charge in [0.05, 0.1) is 10.7 Å². The van der Waals surface area contributed by atoms with E-state index in [-0.39, 0.29) is 11.8 Å². The van der Waals surface area contributed by atoms with Crippen LogP contribution in [0.3, 0.4) is 0 Å². The molecule has 1 aliphatic heterocycles. The molecular formula is C20H22N4O2S2. The quantitative estimate of drug-likeness (QED) is 0.574. The fraction of sp³-hybridized carbons (Fsp3) is 0.400. The van der Waals surface area contributed by atoms with E-state index in [2.05, 4.69) is 20.5 Å². The van der Waals surface area contributed by atoms with Crippen molar-refractivity contribution in [3.8, 4) is 0 Å². The number of aromatic nitrogens is 3. The van der Waals surface area contributed by atoms with Crippen molar-refractivity contribution < 1.29 is 9.32 Å². The number of carbonyl (C=O) groups is 1. The van der Waals surface area contributed by atoms with Gasteiger partial charge in [0.2, 0.25) is 5.89 Å². The minimum Gasteiger partial charge on any atom is -0.339 e. The largest absolute Gasteiger partial charge is 0.339 e. The standard InChI is InChI=1S/C20H22N4O2S2/c1-13-21-19(26-23-13)15-7-9-24(10-8-15)20(25)16-3-5-18(6-4-16)28-12-17-11-27-14(2)22-17/h3-6,11,15H,7-10,12H2,1-2H3. The second kappa shape index (κ2) is 8.45. The first-order valence-electron chi connectivity index (χ1n) is 9.32. The number of amides is 1. The van der Waals surface area contributed by atoms with E-state index < -0.39 is 0 Å². The van der Waals surface area contributed by atoms with Gasteiger partial charge in [0.1, 0.15) is 0 Å². The first-order valence-corrected chi connectivity index (χ1v) is 11.2. The van der Waals surface area contributed by atoms with Crippen LogP contribution in [0.1, 0.15) is 51.5 Å². The van der Waals surface area contributed by atoms with E-state index in [1.165, 1.54) is 0 Å². The van der Waals surface area contributed by atoms with Gasteiger partial charge in [-0.05, 0) is 51.0 Å². The zero-order valence-corrected chi connectivity index (χ0v) is 17.6. The Morgan fingerprint density at radius 2 is 1.96 bits per heavy atom. The average Bonchev–Trinajstić information content (AvgIpc) is 3.34. The van der Waals surface area contributed by atoms with Gasteiger partial charge in [-0.2, -0.15) is 4.98 Å².